The Morgan fingerprint density at radius 1 is 1.30 bits per heavy atom. The zero-order valence-corrected chi connectivity index (χ0v) is 16.7. The number of halogens is 2. The largest absolute Gasteiger partial charge is 0.481 e. The van der Waals surface area contributed by atoms with Crippen LogP contribution in [0.3, 0.4) is 0 Å². The first-order valence-corrected chi connectivity index (χ1v) is 10.0. The Labute approximate surface area is 169 Å². The second kappa shape index (κ2) is 8.59. The summed E-state index contributed by atoms with van der Waals surface area (Å²) in [6.45, 7) is 2.50. The van der Waals surface area contributed by atoms with Gasteiger partial charge in [-0.25, -0.2) is 4.39 Å². The fourth-order valence-electron chi connectivity index (χ4n) is 3.96. The lowest BCUT2D eigenvalue weighted by atomic mass is 9.93. The van der Waals surface area contributed by atoms with Gasteiger partial charge >= 0.3 is 0 Å². The maximum absolute atomic E-state index is 13.7. The van der Waals surface area contributed by atoms with Crippen LogP contribution in [-0.4, -0.2) is 36.5 Å². The lowest BCUT2D eigenvalue weighted by Gasteiger charge is -2.29. The number of hydrogen-bond donors (Lipinski definition) is 1. The van der Waals surface area contributed by atoms with Crippen molar-refractivity contribution in [3.8, 4) is 5.75 Å². The van der Waals surface area contributed by atoms with E-state index in [4.69, 9.17) is 4.74 Å². The standard InChI is InChI=1S/C20H23FN2O2S.ClH/c21-16-3-1-2-4-17(16)25-13-19(24)23(12-15-5-10-26-14-15)18-11-20(18)6-8-22-9-7-20;/h1-5,10,14,18,22H,6-9,11-13H2;1H. The molecule has 27 heavy (non-hydrogen) atoms. The molecule has 1 aliphatic heterocycles. The molecule has 1 aromatic carbocycles. The van der Waals surface area contributed by atoms with E-state index in [2.05, 4.69) is 16.8 Å². The molecule has 1 amide bonds. The minimum Gasteiger partial charge on any atom is -0.481 e. The Kier molecular flexibility index (Phi) is 6.40. The molecule has 0 radical (unpaired) electrons. The second-order valence-corrected chi connectivity index (χ2v) is 7.98. The van der Waals surface area contributed by atoms with Crippen LogP contribution in [0.1, 0.15) is 24.8 Å². The fraction of sp³-hybridized carbons (Fsp3) is 0.450. The van der Waals surface area contributed by atoms with Crippen molar-refractivity contribution in [2.45, 2.75) is 31.8 Å². The van der Waals surface area contributed by atoms with Gasteiger partial charge in [-0.05, 0) is 72.3 Å². The van der Waals surface area contributed by atoms with Crippen molar-refractivity contribution in [1.29, 1.82) is 0 Å². The van der Waals surface area contributed by atoms with E-state index < -0.39 is 5.82 Å². The molecule has 1 atom stereocenters. The van der Waals surface area contributed by atoms with Gasteiger partial charge in [0.2, 0.25) is 0 Å². The number of thiophene rings is 1. The van der Waals surface area contributed by atoms with Crippen LogP contribution in [0.4, 0.5) is 4.39 Å². The summed E-state index contributed by atoms with van der Waals surface area (Å²) in [5.74, 6) is -0.380. The number of hydrogen-bond acceptors (Lipinski definition) is 4. The van der Waals surface area contributed by atoms with Crippen molar-refractivity contribution >= 4 is 29.7 Å². The second-order valence-electron chi connectivity index (χ2n) is 7.20. The van der Waals surface area contributed by atoms with Gasteiger partial charge in [0.1, 0.15) is 0 Å². The van der Waals surface area contributed by atoms with Gasteiger partial charge in [0, 0.05) is 12.6 Å². The molecule has 1 spiro atoms. The molecular formula is C20H24ClFN2O2S. The zero-order valence-electron chi connectivity index (χ0n) is 15.0. The molecule has 2 heterocycles. The molecule has 4 rings (SSSR count). The molecule has 146 valence electrons. The Morgan fingerprint density at radius 2 is 2.07 bits per heavy atom. The van der Waals surface area contributed by atoms with Crippen molar-refractivity contribution < 1.29 is 13.9 Å². The van der Waals surface area contributed by atoms with Crippen LogP contribution in [0.5, 0.6) is 5.75 Å². The number of ether oxygens (including phenoxy) is 1. The Morgan fingerprint density at radius 3 is 2.78 bits per heavy atom. The molecule has 2 fully saturated rings. The van der Waals surface area contributed by atoms with Crippen molar-refractivity contribution in [3.63, 3.8) is 0 Å². The molecular weight excluding hydrogens is 387 g/mol. The summed E-state index contributed by atoms with van der Waals surface area (Å²) in [5, 5.41) is 7.51. The van der Waals surface area contributed by atoms with Gasteiger partial charge in [-0.3, -0.25) is 4.79 Å². The van der Waals surface area contributed by atoms with E-state index in [1.54, 1.807) is 29.5 Å². The predicted octanol–water partition coefficient (Wildman–Crippen LogP) is 3.86. The highest BCUT2D eigenvalue weighted by atomic mass is 35.5. The number of carbonyl (C=O) groups excluding carboxylic acids is 1. The number of nitrogens with zero attached hydrogens (tertiary/aromatic N) is 1. The number of carbonyl (C=O) groups is 1. The van der Waals surface area contributed by atoms with Crippen LogP contribution in [-0.2, 0) is 11.3 Å². The third-order valence-corrected chi connectivity index (χ3v) is 6.30. The van der Waals surface area contributed by atoms with Crippen LogP contribution in [0.15, 0.2) is 41.1 Å². The van der Waals surface area contributed by atoms with E-state index >= 15 is 0 Å². The van der Waals surface area contributed by atoms with E-state index in [1.165, 1.54) is 6.07 Å². The first-order chi connectivity index (χ1) is 12.7. The first kappa shape index (κ1) is 20.1. The third kappa shape index (κ3) is 4.45. The number of para-hydroxylation sites is 1. The van der Waals surface area contributed by atoms with Crippen LogP contribution < -0.4 is 10.1 Å². The average Bonchev–Trinajstić information content (AvgIpc) is 3.08. The molecule has 1 unspecified atom stereocenters. The highest BCUT2D eigenvalue weighted by molar-refractivity contribution is 7.07. The predicted molar refractivity (Wildman–Crippen MR) is 107 cm³/mol. The van der Waals surface area contributed by atoms with E-state index in [0.29, 0.717) is 6.54 Å². The fourth-order valence-corrected chi connectivity index (χ4v) is 4.62. The molecule has 2 aromatic rings. The smallest absolute Gasteiger partial charge is 0.261 e. The first-order valence-electron chi connectivity index (χ1n) is 9.07. The monoisotopic (exact) mass is 410 g/mol. The number of amides is 1. The SMILES string of the molecule is Cl.O=C(COc1ccccc1F)N(Cc1ccsc1)C1CC12CCNCC2. The van der Waals surface area contributed by atoms with E-state index in [9.17, 15) is 9.18 Å². The third-order valence-electron chi connectivity index (χ3n) is 5.56. The number of benzene rings is 1. The summed E-state index contributed by atoms with van der Waals surface area (Å²) in [7, 11) is 0. The molecule has 0 bridgehead atoms. The topological polar surface area (TPSA) is 41.6 Å². The molecule has 1 saturated heterocycles. The highest BCUT2D eigenvalue weighted by Gasteiger charge is 2.57. The van der Waals surface area contributed by atoms with E-state index in [-0.39, 0.29) is 42.1 Å². The lowest BCUT2D eigenvalue weighted by molar-refractivity contribution is -0.135. The maximum Gasteiger partial charge on any atom is 0.261 e. The Hall–Kier alpha value is -1.63. The summed E-state index contributed by atoms with van der Waals surface area (Å²) in [6, 6.07) is 8.53. The molecule has 7 heteroatoms. The molecule has 1 aromatic heterocycles. The van der Waals surface area contributed by atoms with Gasteiger partial charge in [0.05, 0.1) is 0 Å². The van der Waals surface area contributed by atoms with Gasteiger partial charge in [0.15, 0.2) is 18.2 Å². The lowest BCUT2D eigenvalue weighted by Crippen LogP contribution is -2.41. The zero-order chi connectivity index (χ0) is 18.0. The van der Waals surface area contributed by atoms with Crippen LogP contribution >= 0.6 is 23.7 Å². The Balaban J connectivity index is 0.00000210. The van der Waals surface area contributed by atoms with Gasteiger partial charge in [-0.2, -0.15) is 11.3 Å². The highest BCUT2D eigenvalue weighted by Crippen LogP contribution is 2.56. The van der Waals surface area contributed by atoms with Gasteiger partial charge in [-0.15, -0.1) is 12.4 Å². The van der Waals surface area contributed by atoms with E-state index in [1.807, 2.05) is 10.3 Å². The normalized spacial score (nSPS) is 20.0. The summed E-state index contributed by atoms with van der Waals surface area (Å²) in [4.78, 5) is 14.9. The maximum atomic E-state index is 13.7. The number of piperidine rings is 1. The van der Waals surface area contributed by atoms with E-state index in [0.717, 1.165) is 37.9 Å². The van der Waals surface area contributed by atoms with Crippen LogP contribution in [0, 0.1) is 11.2 Å². The van der Waals surface area contributed by atoms with Crippen molar-refractivity contribution in [3.05, 3.63) is 52.5 Å². The van der Waals surface area contributed by atoms with Crippen molar-refractivity contribution in [2.75, 3.05) is 19.7 Å². The molecule has 1 N–H and O–H groups in total. The van der Waals surface area contributed by atoms with Crippen molar-refractivity contribution in [2.24, 2.45) is 5.41 Å². The minimum atomic E-state index is -0.439. The molecule has 2 aliphatic rings. The molecule has 1 saturated carbocycles. The summed E-state index contributed by atoms with van der Waals surface area (Å²) < 4.78 is 19.2. The summed E-state index contributed by atoms with van der Waals surface area (Å²) >= 11 is 1.64. The quantitative estimate of drug-likeness (QED) is 0.786. The van der Waals surface area contributed by atoms with Gasteiger partial charge < -0.3 is 15.0 Å². The Bertz CT molecular complexity index is 765. The molecule has 4 nitrogen and oxygen atoms in total. The number of nitrogens with one attached hydrogen (secondary N) is 1. The van der Waals surface area contributed by atoms with Gasteiger partial charge in [0.25, 0.3) is 5.91 Å². The van der Waals surface area contributed by atoms with Gasteiger partial charge in [-0.1, -0.05) is 12.1 Å². The number of rotatable bonds is 6. The van der Waals surface area contributed by atoms with Crippen LogP contribution in [0.25, 0.3) is 0 Å². The average molecular weight is 411 g/mol. The molecule has 1 aliphatic carbocycles. The summed E-state index contributed by atoms with van der Waals surface area (Å²) in [6.07, 6.45) is 3.28. The van der Waals surface area contributed by atoms with Crippen molar-refractivity contribution in [1.82, 2.24) is 10.2 Å². The minimum absolute atomic E-state index is 0. The van der Waals surface area contributed by atoms with Crippen LogP contribution in [0.2, 0.25) is 0 Å². The summed E-state index contributed by atoms with van der Waals surface area (Å²) in [5.41, 5.74) is 1.40.